The van der Waals surface area contributed by atoms with Crippen LogP contribution >= 0.6 is 0 Å². The standard InChI is InChI=1S/C20H17N3O7/c1-3-30-18-16(24)8-7-12(17(18)23(28)29)10-15-11(2)21-22(19(15)25)14-6-4-5-13(9-14)20(26)27/h4-10,21,24H,2-3H2,1H3,(H,26,27)/p-1/b15-10-. The van der Waals surface area contributed by atoms with Gasteiger partial charge < -0.3 is 14.9 Å². The van der Waals surface area contributed by atoms with Crippen LogP contribution < -0.4 is 26.0 Å². The molecule has 1 heterocycles. The lowest BCUT2D eigenvalue weighted by Gasteiger charge is -2.14. The number of hydrogen-bond acceptors (Lipinski definition) is 6. The summed E-state index contributed by atoms with van der Waals surface area (Å²) in [5.41, 5.74) is -0.919. The Bertz CT molecular complexity index is 1320. The van der Waals surface area contributed by atoms with Gasteiger partial charge in [0.15, 0.2) is 5.75 Å². The quantitative estimate of drug-likeness (QED) is 0.443. The third-order valence-corrected chi connectivity index (χ3v) is 4.25. The molecule has 0 atom stereocenters. The Labute approximate surface area is 168 Å². The molecule has 0 bridgehead atoms. The second-order valence-corrected chi connectivity index (χ2v) is 6.17. The third-order valence-electron chi connectivity index (χ3n) is 4.25. The average molecular weight is 410 g/mol. The Balaban J connectivity index is 2.25. The van der Waals surface area contributed by atoms with Gasteiger partial charge in [-0.25, -0.2) is 9.48 Å². The zero-order valence-corrected chi connectivity index (χ0v) is 15.7. The number of carboxylic acid groups (broad SMARTS) is 1. The maximum absolute atomic E-state index is 12.9. The maximum atomic E-state index is 12.9. The van der Waals surface area contributed by atoms with Gasteiger partial charge in [0.1, 0.15) is 0 Å². The number of carbonyl (C=O) groups is 1. The number of nitro benzene ring substituents is 1. The number of aromatic amines is 1. The number of ether oxygens (including phenoxy) is 1. The predicted molar refractivity (Wildman–Crippen MR) is 105 cm³/mol. The van der Waals surface area contributed by atoms with Gasteiger partial charge in [0.25, 0.3) is 5.56 Å². The number of aromatic nitrogens is 2. The summed E-state index contributed by atoms with van der Waals surface area (Å²) >= 11 is 0. The Morgan fingerprint density at radius 1 is 1.37 bits per heavy atom. The predicted octanol–water partition coefficient (Wildman–Crippen LogP) is 0.483. The molecule has 2 N–H and O–H groups in total. The van der Waals surface area contributed by atoms with Gasteiger partial charge in [0.2, 0.25) is 0 Å². The largest absolute Gasteiger partial charge is 0.870 e. The highest BCUT2D eigenvalue weighted by molar-refractivity contribution is 5.88. The molecule has 3 rings (SSSR count). The lowest BCUT2D eigenvalue weighted by molar-refractivity contribution is -0.387. The molecule has 10 heteroatoms. The minimum atomic E-state index is -1.16. The lowest BCUT2D eigenvalue weighted by atomic mass is 10.1. The number of benzene rings is 2. The fourth-order valence-electron chi connectivity index (χ4n) is 2.92. The van der Waals surface area contributed by atoms with E-state index in [-0.39, 0.29) is 34.0 Å². The van der Waals surface area contributed by atoms with Crippen LogP contribution in [0.2, 0.25) is 0 Å². The number of carboxylic acids is 1. The number of nitro groups is 1. The molecule has 0 saturated carbocycles. The van der Waals surface area contributed by atoms with Gasteiger partial charge in [0, 0.05) is 0 Å². The number of nitrogens with one attached hydrogen (secondary N) is 1. The Morgan fingerprint density at radius 3 is 2.73 bits per heavy atom. The van der Waals surface area contributed by atoms with Crippen LogP contribution in [0.25, 0.3) is 18.3 Å². The molecule has 0 spiro atoms. The molecule has 0 unspecified atom stereocenters. The smallest absolute Gasteiger partial charge is 0.335 e. The van der Waals surface area contributed by atoms with Crippen molar-refractivity contribution in [1.82, 2.24) is 9.78 Å². The van der Waals surface area contributed by atoms with E-state index in [1.165, 1.54) is 36.4 Å². The number of hydrogen-bond donors (Lipinski definition) is 2. The van der Waals surface area contributed by atoms with Gasteiger partial charge in [-0.2, -0.15) is 0 Å². The molecule has 0 fully saturated rings. The lowest BCUT2D eigenvalue weighted by Crippen LogP contribution is -2.34. The molecule has 0 aliphatic heterocycles. The van der Waals surface area contributed by atoms with E-state index < -0.39 is 33.6 Å². The van der Waals surface area contributed by atoms with E-state index >= 15 is 0 Å². The van der Waals surface area contributed by atoms with Gasteiger partial charge >= 0.3 is 11.7 Å². The summed E-state index contributed by atoms with van der Waals surface area (Å²) in [5, 5.41) is 35.6. The fourth-order valence-corrected chi connectivity index (χ4v) is 2.92. The minimum absolute atomic E-state index is 0.00418. The first-order valence-corrected chi connectivity index (χ1v) is 8.71. The zero-order chi connectivity index (χ0) is 22.0. The van der Waals surface area contributed by atoms with E-state index in [0.29, 0.717) is 0 Å². The van der Waals surface area contributed by atoms with Crippen molar-refractivity contribution >= 4 is 24.3 Å². The molecule has 0 saturated heterocycles. The van der Waals surface area contributed by atoms with Crippen LogP contribution in [0.5, 0.6) is 11.5 Å². The topological polar surface area (TPSA) is 151 Å². The first-order chi connectivity index (χ1) is 14.2. The molecule has 2 aromatic carbocycles. The SMILES string of the molecule is C=c1[nH]n(-c2cccc(C(=O)O)c2)c(=O)/c1=C\c1ccc([O-])c(OCC)c1[N+](=O)[O-]. The van der Waals surface area contributed by atoms with Gasteiger partial charge in [0.05, 0.1) is 38.9 Å². The van der Waals surface area contributed by atoms with E-state index in [1.54, 1.807) is 6.92 Å². The van der Waals surface area contributed by atoms with E-state index in [9.17, 15) is 24.8 Å². The molecule has 0 aliphatic rings. The average Bonchev–Trinajstić information content (AvgIpc) is 2.98. The van der Waals surface area contributed by atoms with Gasteiger partial charge in [-0.1, -0.05) is 24.5 Å². The molecule has 154 valence electrons. The van der Waals surface area contributed by atoms with Crippen molar-refractivity contribution in [2.45, 2.75) is 6.92 Å². The maximum Gasteiger partial charge on any atom is 0.335 e. The highest BCUT2D eigenvalue weighted by Crippen LogP contribution is 2.37. The van der Waals surface area contributed by atoms with Crippen molar-refractivity contribution in [3.05, 3.63) is 78.6 Å². The Morgan fingerprint density at radius 2 is 2.10 bits per heavy atom. The molecular formula is C20H16N3O7-. The molecule has 0 radical (unpaired) electrons. The molecule has 10 nitrogen and oxygen atoms in total. The van der Waals surface area contributed by atoms with Crippen LogP contribution in [-0.4, -0.2) is 32.4 Å². The molecule has 0 aliphatic carbocycles. The van der Waals surface area contributed by atoms with Crippen LogP contribution in [0.1, 0.15) is 22.8 Å². The zero-order valence-electron chi connectivity index (χ0n) is 15.7. The fraction of sp³-hybridized carbons (Fsp3) is 0.100. The summed E-state index contributed by atoms with van der Waals surface area (Å²) < 4.78 is 6.22. The number of nitrogens with zero attached hydrogens (tertiary/aromatic N) is 2. The van der Waals surface area contributed by atoms with E-state index in [1.807, 2.05) is 0 Å². The third kappa shape index (κ3) is 3.65. The summed E-state index contributed by atoms with van der Waals surface area (Å²) in [5.74, 6) is -2.21. The second kappa shape index (κ2) is 7.95. The summed E-state index contributed by atoms with van der Waals surface area (Å²) in [6.45, 7) is 5.38. The van der Waals surface area contributed by atoms with Crippen molar-refractivity contribution in [3.8, 4) is 17.2 Å². The molecule has 3 aromatic rings. The normalized spacial score (nSPS) is 11.4. The van der Waals surface area contributed by atoms with E-state index in [0.717, 1.165) is 10.7 Å². The number of H-pyrrole nitrogens is 1. The summed E-state index contributed by atoms with van der Waals surface area (Å²) in [6, 6.07) is 8.02. The Kier molecular flexibility index (Phi) is 5.41. The van der Waals surface area contributed by atoms with Crippen LogP contribution in [0.4, 0.5) is 5.69 Å². The van der Waals surface area contributed by atoms with Crippen LogP contribution in [0.15, 0.2) is 41.2 Å². The highest BCUT2D eigenvalue weighted by Gasteiger charge is 2.21. The molecule has 30 heavy (non-hydrogen) atoms. The van der Waals surface area contributed by atoms with Gasteiger partial charge in [-0.05, 0) is 37.3 Å². The van der Waals surface area contributed by atoms with Gasteiger partial charge in [-0.15, -0.1) is 0 Å². The van der Waals surface area contributed by atoms with Crippen molar-refractivity contribution in [2.24, 2.45) is 0 Å². The Hall–Kier alpha value is -4.34. The van der Waals surface area contributed by atoms with E-state index in [2.05, 4.69) is 11.7 Å². The van der Waals surface area contributed by atoms with Crippen molar-refractivity contribution in [2.75, 3.05) is 6.61 Å². The highest BCUT2D eigenvalue weighted by atomic mass is 16.6. The first kappa shape index (κ1) is 20.4. The summed E-state index contributed by atoms with van der Waals surface area (Å²) in [4.78, 5) is 34.9. The van der Waals surface area contributed by atoms with E-state index in [4.69, 9.17) is 9.84 Å². The van der Waals surface area contributed by atoms with Crippen LogP contribution in [0.3, 0.4) is 0 Å². The van der Waals surface area contributed by atoms with Crippen molar-refractivity contribution in [3.63, 3.8) is 0 Å². The molecule has 1 aromatic heterocycles. The molecular weight excluding hydrogens is 394 g/mol. The summed E-state index contributed by atoms with van der Waals surface area (Å²) in [6.07, 6.45) is 1.23. The minimum Gasteiger partial charge on any atom is -0.870 e. The van der Waals surface area contributed by atoms with Crippen molar-refractivity contribution in [1.29, 1.82) is 0 Å². The first-order valence-electron chi connectivity index (χ1n) is 8.71. The number of aromatic carboxylic acids is 1. The summed E-state index contributed by atoms with van der Waals surface area (Å²) in [7, 11) is 0. The monoisotopic (exact) mass is 410 g/mol. The van der Waals surface area contributed by atoms with Crippen LogP contribution in [0, 0.1) is 10.1 Å². The van der Waals surface area contributed by atoms with Crippen molar-refractivity contribution < 1.29 is 24.7 Å². The second-order valence-electron chi connectivity index (χ2n) is 6.17. The van der Waals surface area contributed by atoms with Gasteiger partial charge in [-0.3, -0.25) is 20.0 Å². The molecule has 0 amide bonds. The number of rotatable bonds is 6. The van der Waals surface area contributed by atoms with Crippen LogP contribution in [-0.2, 0) is 0 Å².